The van der Waals surface area contributed by atoms with Crippen molar-refractivity contribution in [2.45, 2.75) is 52.0 Å². The van der Waals surface area contributed by atoms with Gasteiger partial charge in [-0.25, -0.2) is 4.98 Å². The van der Waals surface area contributed by atoms with Gasteiger partial charge in [0, 0.05) is 24.6 Å². The van der Waals surface area contributed by atoms with E-state index in [4.69, 9.17) is 4.42 Å². The molecule has 142 valence electrons. The summed E-state index contributed by atoms with van der Waals surface area (Å²) in [7, 11) is 0. The molecule has 6 nitrogen and oxygen atoms in total. The summed E-state index contributed by atoms with van der Waals surface area (Å²) >= 11 is 1.58. The largest absolute Gasteiger partial charge is 0.425 e. The van der Waals surface area contributed by atoms with E-state index >= 15 is 0 Å². The Morgan fingerprint density at radius 2 is 1.81 bits per heavy atom. The lowest BCUT2D eigenvalue weighted by Gasteiger charge is -2.01. The van der Waals surface area contributed by atoms with Crippen LogP contribution in [0, 0.1) is 6.92 Å². The number of amides is 1. The van der Waals surface area contributed by atoms with Crippen LogP contribution in [0.3, 0.4) is 0 Å². The highest BCUT2D eigenvalue weighted by Crippen LogP contribution is 2.10. The fraction of sp³-hybridized carbons (Fsp3) is 0.400. The number of carbonyl (C=O) groups is 1. The average Bonchev–Trinajstić information content (AvgIpc) is 3.31. The van der Waals surface area contributed by atoms with Crippen LogP contribution in [0.15, 0.2) is 40.1 Å². The van der Waals surface area contributed by atoms with E-state index < -0.39 is 0 Å². The molecule has 0 saturated carbocycles. The first-order valence-corrected chi connectivity index (χ1v) is 10.1. The van der Waals surface area contributed by atoms with E-state index in [1.807, 2.05) is 18.4 Å². The van der Waals surface area contributed by atoms with Crippen molar-refractivity contribution in [3.63, 3.8) is 0 Å². The molecule has 0 saturated heterocycles. The molecule has 0 aliphatic heterocycles. The van der Waals surface area contributed by atoms with Crippen LogP contribution in [0.25, 0.3) is 0 Å². The SMILES string of the molecule is Cc1nc(CNC(=O)CCc2nnc(CCCCc3ccccc3)o2)cs1. The van der Waals surface area contributed by atoms with Gasteiger partial charge in [-0.05, 0) is 31.7 Å². The fourth-order valence-electron chi connectivity index (χ4n) is 2.73. The van der Waals surface area contributed by atoms with Crippen molar-refractivity contribution in [2.24, 2.45) is 0 Å². The van der Waals surface area contributed by atoms with Gasteiger partial charge in [-0.15, -0.1) is 21.5 Å². The van der Waals surface area contributed by atoms with Crippen molar-refractivity contribution in [1.82, 2.24) is 20.5 Å². The number of rotatable bonds is 10. The Morgan fingerprint density at radius 3 is 2.56 bits per heavy atom. The third-order valence-corrected chi connectivity index (χ3v) is 4.98. The molecular weight excluding hydrogens is 360 g/mol. The molecule has 0 fully saturated rings. The van der Waals surface area contributed by atoms with Crippen LogP contribution < -0.4 is 5.32 Å². The van der Waals surface area contributed by atoms with Gasteiger partial charge in [-0.3, -0.25) is 4.79 Å². The van der Waals surface area contributed by atoms with Gasteiger partial charge in [0.1, 0.15) is 0 Å². The second kappa shape index (κ2) is 9.97. The number of hydrogen-bond acceptors (Lipinski definition) is 6. The fourth-order valence-corrected chi connectivity index (χ4v) is 3.34. The standard InChI is InChI=1S/C20H24N4O2S/c1-15-22-17(14-27-15)13-21-18(25)11-12-20-24-23-19(26-20)10-6-5-9-16-7-3-2-4-8-16/h2-4,7-8,14H,5-6,9-13H2,1H3,(H,21,25). The summed E-state index contributed by atoms with van der Waals surface area (Å²) in [4.78, 5) is 16.2. The molecule has 0 aliphatic rings. The van der Waals surface area contributed by atoms with Gasteiger partial charge in [0.2, 0.25) is 17.7 Å². The van der Waals surface area contributed by atoms with Gasteiger partial charge >= 0.3 is 0 Å². The Labute approximate surface area is 163 Å². The second-order valence-electron chi connectivity index (χ2n) is 6.42. The number of benzene rings is 1. The summed E-state index contributed by atoms with van der Waals surface area (Å²) in [5, 5.41) is 13.9. The minimum atomic E-state index is -0.0386. The van der Waals surface area contributed by atoms with E-state index in [2.05, 4.69) is 44.8 Å². The zero-order valence-electron chi connectivity index (χ0n) is 15.5. The number of hydrogen-bond donors (Lipinski definition) is 1. The van der Waals surface area contributed by atoms with Crippen LogP contribution in [-0.2, 0) is 30.6 Å². The second-order valence-corrected chi connectivity index (χ2v) is 7.48. The summed E-state index contributed by atoms with van der Waals surface area (Å²) in [6.07, 6.45) is 4.71. The van der Waals surface area contributed by atoms with E-state index in [1.165, 1.54) is 5.56 Å². The zero-order chi connectivity index (χ0) is 18.9. The van der Waals surface area contributed by atoms with E-state index in [0.717, 1.165) is 36.4 Å². The molecule has 0 bridgehead atoms. The zero-order valence-corrected chi connectivity index (χ0v) is 16.3. The Hall–Kier alpha value is -2.54. The first-order chi connectivity index (χ1) is 13.2. The van der Waals surface area contributed by atoms with E-state index in [1.54, 1.807) is 11.3 Å². The van der Waals surface area contributed by atoms with E-state index in [0.29, 0.717) is 31.2 Å². The molecule has 7 heteroatoms. The Kier molecular flexibility index (Phi) is 7.10. The molecule has 0 unspecified atom stereocenters. The summed E-state index contributed by atoms with van der Waals surface area (Å²) in [5.41, 5.74) is 2.24. The molecule has 0 radical (unpaired) electrons. The molecule has 27 heavy (non-hydrogen) atoms. The minimum Gasteiger partial charge on any atom is -0.425 e. The quantitative estimate of drug-likeness (QED) is 0.540. The number of unbranched alkanes of at least 4 members (excludes halogenated alkanes) is 1. The van der Waals surface area contributed by atoms with Gasteiger partial charge in [0.15, 0.2) is 0 Å². The number of aromatic nitrogens is 3. The van der Waals surface area contributed by atoms with Crippen LogP contribution in [0.5, 0.6) is 0 Å². The molecule has 1 aromatic carbocycles. The Balaban J connectivity index is 1.32. The van der Waals surface area contributed by atoms with Crippen molar-refractivity contribution in [2.75, 3.05) is 0 Å². The third kappa shape index (κ3) is 6.60. The predicted octanol–water partition coefficient (Wildman–Crippen LogP) is 3.65. The van der Waals surface area contributed by atoms with Gasteiger partial charge in [-0.2, -0.15) is 0 Å². The topological polar surface area (TPSA) is 80.9 Å². The summed E-state index contributed by atoms with van der Waals surface area (Å²) in [5.74, 6) is 1.13. The van der Waals surface area contributed by atoms with Crippen LogP contribution in [-0.4, -0.2) is 21.1 Å². The molecule has 1 amide bonds. The maximum absolute atomic E-state index is 11.9. The van der Waals surface area contributed by atoms with Gasteiger partial charge in [-0.1, -0.05) is 30.3 Å². The highest BCUT2D eigenvalue weighted by molar-refractivity contribution is 7.09. The summed E-state index contributed by atoms with van der Waals surface area (Å²) < 4.78 is 5.64. The molecule has 1 N–H and O–H groups in total. The highest BCUT2D eigenvalue weighted by atomic mass is 32.1. The van der Waals surface area contributed by atoms with E-state index in [-0.39, 0.29) is 5.91 Å². The highest BCUT2D eigenvalue weighted by Gasteiger charge is 2.09. The van der Waals surface area contributed by atoms with Crippen molar-refractivity contribution >= 4 is 17.2 Å². The molecular formula is C20H24N4O2S. The molecule has 0 spiro atoms. The van der Waals surface area contributed by atoms with Crippen molar-refractivity contribution in [3.8, 4) is 0 Å². The van der Waals surface area contributed by atoms with Crippen LogP contribution in [0.1, 0.15) is 47.3 Å². The number of thiazole rings is 1. The molecule has 3 rings (SSSR count). The lowest BCUT2D eigenvalue weighted by molar-refractivity contribution is -0.121. The van der Waals surface area contributed by atoms with Crippen LogP contribution in [0.4, 0.5) is 0 Å². The molecule has 2 aromatic heterocycles. The third-order valence-electron chi connectivity index (χ3n) is 4.16. The lowest BCUT2D eigenvalue weighted by atomic mass is 10.1. The number of aryl methyl sites for hydroxylation is 4. The van der Waals surface area contributed by atoms with Crippen LogP contribution in [0.2, 0.25) is 0 Å². The maximum atomic E-state index is 11.9. The summed E-state index contributed by atoms with van der Waals surface area (Å²) in [6.45, 7) is 2.41. The van der Waals surface area contributed by atoms with Gasteiger partial charge < -0.3 is 9.73 Å². The number of nitrogens with one attached hydrogen (secondary N) is 1. The Morgan fingerprint density at radius 1 is 1.07 bits per heavy atom. The monoisotopic (exact) mass is 384 g/mol. The van der Waals surface area contributed by atoms with Crippen molar-refractivity contribution in [3.05, 3.63) is 63.8 Å². The van der Waals surface area contributed by atoms with E-state index in [9.17, 15) is 4.79 Å². The minimum absolute atomic E-state index is 0.0386. The van der Waals surface area contributed by atoms with Crippen molar-refractivity contribution in [1.29, 1.82) is 0 Å². The smallest absolute Gasteiger partial charge is 0.220 e. The summed E-state index contributed by atoms with van der Waals surface area (Å²) in [6, 6.07) is 10.4. The van der Waals surface area contributed by atoms with Crippen LogP contribution >= 0.6 is 11.3 Å². The maximum Gasteiger partial charge on any atom is 0.220 e. The lowest BCUT2D eigenvalue weighted by Crippen LogP contribution is -2.23. The molecule has 3 aromatic rings. The number of carbonyl (C=O) groups excluding carboxylic acids is 1. The first kappa shape index (κ1) is 19.2. The van der Waals surface area contributed by atoms with Gasteiger partial charge in [0.05, 0.1) is 17.2 Å². The first-order valence-electron chi connectivity index (χ1n) is 9.22. The Bertz CT molecular complexity index is 845. The predicted molar refractivity (Wildman–Crippen MR) is 104 cm³/mol. The molecule has 0 aliphatic carbocycles. The molecule has 0 atom stereocenters. The van der Waals surface area contributed by atoms with Gasteiger partial charge in [0.25, 0.3) is 0 Å². The average molecular weight is 385 g/mol. The van der Waals surface area contributed by atoms with Crippen molar-refractivity contribution < 1.29 is 9.21 Å². The normalized spacial score (nSPS) is 10.9. The number of nitrogens with zero attached hydrogens (tertiary/aromatic N) is 3. The molecule has 2 heterocycles.